The Bertz CT molecular complexity index is 1970. The molecule has 1 aliphatic carbocycles. The maximum atomic E-state index is 15.4. The van der Waals surface area contributed by atoms with E-state index in [0.717, 1.165) is 48.6 Å². The first kappa shape index (κ1) is 26.9. The smallest absolute Gasteiger partial charge is 0.341 e. The van der Waals surface area contributed by atoms with Crippen molar-refractivity contribution in [1.29, 1.82) is 0 Å². The molecule has 3 aliphatic rings. The number of anilines is 2. The van der Waals surface area contributed by atoms with E-state index in [2.05, 4.69) is 37.4 Å². The van der Waals surface area contributed by atoms with Gasteiger partial charge in [-0.2, -0.15) is 0 Å². The summed E-state index contributed by atoms with van der Waals surface area (Å²) in [6, 6.07) is 3.24. The lowest BCUT2D eigenvalue weighted by molar-refractivity contribution is 0.0695. The largest absolute Gasteiger partial charge is 0.477 e. The van der Waals surface area contributed by atoms with Gasteiger partial charge in [0.1, 0.15) is 11.4 Å². The van der Waals surface area contributed by atoms with E-state index < -0.39 is 17.2 Å². The first-order valence-electron chi connectivity index (χ1n) is 14.1. The Hall–Kier alpha value is -5.02. The number of aromatic nitrogens is 3. The van der Waals surface area contributed by atoms with Crippen LogP contribution in [0.1, 0.15) is 28.0 Å². The van der Waals surface area contributed by atoms with Gasteiger partial charge in [-0.3, -0.25) is 9.78 Å². The zero-order valence-electron chi connectivity index (χ0n) is 23.9. The third-order valence-corrected chi connectivity index (χ3v) is 9.11. The SMILES string of the molecule is [C-]#[N+]c1c(F)cc(NC)c2c1-c1c(ncc(-c3cnc4c(c3)c(=O)c(C(=O)O)cn4NC)c1N1CC[C@H]3CN(C)C[C@H]31)C2. The molecule has 0 saturated carbocycles. The molecule has 2 atom stereocenters. The van der Waals surface area contributed by atoms with Gasteiger partial charge >= 0.3 is 5.97 Å². The van der Waals surface area contributed by atoms with Crippen LogP contribution in [0.5, 0.6) is 0 Å². The van der Waals surface area contributed by atoms with Gasteiger partial charge in [-0.1, -0.05) is 0 Å². The third kappa shape index (κ3) is 3.88. The third-order valence-electron chi connectivity index (χ3n) is 9.11. The van der Waals surface area contributed by atoms with Gasteiger partial charge in [-0.15, -0.1) is 0 Å². The second-order valence-electron chi connectivity index (χ2n) is 11.4. The van der Waals surface area contributed by atoms with Crippen LogP contribution in [0.2, 0.25) is 0 Å². The quantitative estimate of drug-likeness (QED) is 0.267. The molecule has 2 fully saturated rings. The van der Waals surface area contributed by atoms with E-state index in [1.54, 1.807) is 32.6 Å². The van der Waals surface area contributed by atoms with Crippen molar-refractivity contribution in [3.63, 3.8) is 0 Å². The number of benzene rings is 1. The summed E-state index contributed by atoms with van der Waals surface area (Å²) in [4.78, 5) is 42.9. The number of likely N-dealkylation sites (N-methyl/N-ethyl adjacent to an activating group) is 1. The lowest BCUT2D eigenvalue weighted by Gasteiger charge is -2.31. The number of hydrogen-bond donors (Lipinski definition) is 3. The summed E-state index contributed by atoms with van der Waals surface area (Å²) >= 11 is 0. The molecule has 0 bridgehead atoms. The Balaban J connectivity index is 1.54. The number of halogens is 1. The Morgan fingerprint density at radius 2 is 2.00 bits per heavy atom. The summed E-state index contributed by atoms with van der Waals surface area (Å²) in [5, 5.41) is 12.9. The van der Waals surface area contributed by atoms with Crippen LogP contribution in [0, 0.1) is 18.3 Å². The minimum atomic E-state index is -1.33. The van der Waals surface area contributed by atoms with Crippen molar-refractivity contribution in [1.82, 2.24) is 19.5 Å². The molecule has 12 heteroatoms. The van der Waals surface area contributed by atoms with Crippen molar-refractivity contribution in [2.75, 3.05) is 56.4 Å². The van der Waals surface area contributed by atoms with Crippen LogP contribution in [0.15, 0.2) is 35.5 Å². The van der Waals surface area contributed by atoms with E-state index in [4.69, 9.17) is 11.6 Å². The highest BCUT2D eigenvalue weighted by Gasteiger charge is 2.43. The summed E-state index contributed by atoms with van der Waals surface area (Å²) < 4.78 is 16.8. The molecule has 3 aromatic heterocycles. The van der Waals surface area contributed by atoms with Gasteiger partial charge in [0.2, 0.25) is 11.1 Å². The van der Waals surface area contributed by atoms with Gasteiger partial charge in [0, 0.05) is 92.7 Å². The van der Waals surface area contributed by atoms with E-state index in [-0.39, 0.29) is 28.3 Å². The molecule has 4 aromatic rings. The van der Waals surface area contributed by atoms with Crippen molar-refractivity contribution in [2.24, 2.45) is 5.92 Å². The zero-order valence-corrected chi connectivity index (χ0v) is 23.9. The van der Waals surface area contributed by atoms with Crippen LogP contribution in [-0.4, -0.2) is 77.4 Å². The molecule has 218 valence electrons. The predicted octanol–water partition coefficient (Wildman–Crippen LogP) is 3.77. The van der Waals surface area contributed by atoms with Crippen LogP contribution in [-0.2, 0) is 6.42 Å². The first-order valence-corrected chi connectivity index (χ1v) is 14.1. The normalized spacial score (nSPS) is 18.8. The number of aromatic carboxylic acids is 1. The molecule has 1 aromatic carbocycles. The van der Waals surface area contributed by atoms with Gasteiger partial charge in [0.15, 0.2) is 5.65 Å². The Kier molecular flexibility index (Phi) is 6.10. The molecule has 0 amide bonds. The lowest BCUT2D eigenvalue weighted by Crippen LogP contribution is -2.35. The highest BCUT2D eigenvalue weighted by atomic mass is 19.1. The Labute approximate surface area is 246 Å². The number of likely N-dealkylation sites (tertiary alicyclic amines) is 1. The van der Waals surface area contributed by atoms with Crippen molar-refractivity contribution in [3.8, 4) is 22.3 Å². The van der Waals surface area contributed by atoms with Gasteiger partial charge in [-0.05, 0) is 37.1 Å². The first-order chi connectivity index (χ1) is 20.7. The highest BCUT2D eigenvalue weighted by molar-refractivity contribution is 6.02. The van der Waals surface area contributed by atoms with Gasteiger partial charge in [-0.25, -0.2) is 23.7 Å². The van der Waals surface area contributed by atoms with Gasteiger partial charge in [0.25, 0.3) is 0 Å². The Morgan fingerprint density at radius 3 is 2.72 bits per heavy atom. The van der Waals surface area contributed by atoms with Crippen LogP contribution < -0.4 is 21.1 Å². The molecular formula is C31H29FN8O3. The lowest BCUT2D eigenvalue weighted by atomic mass is 9.95. The van der Waals surface area contributed by atoms with Gasteiger partial charge < -0.3 is 25.6 Å². The number of carbonyl (C=O) groups is 1. The van der Waals surface area contributed by atoms with Crippen molar-refractivity contribution < 1.29 is 14.3 Å². The van der Waals surface area contributed by atoms with E-state index in [0.29, 0.717) is 34.7 Å². The average Bonchev–Trinajstić information content (AvgIpc) is 3.68. The van der Waals surface area contributed by atoms with E-state index in [9.17, 15) is 14.7 Å². The molecule has 2 saturated heterocycles. The van der Waals surface area contributed by atoms with Gasteiger partial charge in [0.05, 0.1) is 23.3 Å². The maximum absolute atomic E-state index is 15.4. The molecule has 2 aliphatic heterocycles. The molecule has 11 nitrogen and oxygen atoms in total. The molecule has 43 heavy (non-hydrogen) atoms. The predicted molar refractivity (Wildman–Crippen MR) is 162 cm³/mol. The molecular weight excluding hydrogens is 551 g/mol. The minimum absolute atomic E-state index is 0.0353. The fourth-order valence-corrected chi connectivity index (χ4v) is 7.21. The van der Waals surface area contributed by atoms with Crippen molar-refractivity contribution in [2.45, 2.75) is 18.9 Å². The number of carboxylic acids is 1. The van der Waals surface area contributed by atoms with Crippen LogP contribution in [0.4, 0.5) is 21.5 Å². The molecule has 0 unspecified atom stereocenters. The average molecular weight is 581 g/mol. The molecule has 3 N–H and O–H groups in total. The Morgan fingerprint density at radius 1 is 1.19 bits per heavy atom. The van der Waals surface area contributed by atoms with Crippen LogP contribution in [0.3, 0.4) is 0 Å². The minimum Gasteiger partial charge on any atom is -0.477 e. The summed E-state index contributed by atoms with van der Waals surface area (Å²) in [6.45, 7) is 10.5. The fraction of sp³-hybridized carbons (Fsp3) is 0.323. The standard InChI is InChI=1S/C31H29FN8O3/c1-33-22-9-21(32)27(34-2)25-17(22)8-23-26(25)28(39-6-5-15-12-38(4)14-24(15)39)19(11-36-23)16-7-18-29(41)20(31(42)43)13-40(35-3)30(18)37-10-16/h7,9-11,13,15,24,33,35H,5-6,8,12,14H2,1,3-4H3,(H,42,43)/t15-,24+/m0/s1. The summed E-state index contributed by atoms with van der Waals surface area (Å²) in [7, 11) is 5.45. The molecule has 7 rings (SSSR count). The molecule has 5 heterocycles. The fourth-order valence-electron chi connectivity index (χ4n) is 7.21. The van der Waals surface area contributed by atoms with E-state index >= 15 is 4.39 Å². The van der Waals surface area contributed by atoms with Crippen molar-refractivity contribution >= 4 is 34.1 Å². The zero-order chi connectivity index (χ0) is 30.2. The number of pyridine rings is 3. The topological polar surface area (TPSA) is 120 Å². The second-order valence-corrected chi connectivity index (χ2v) is 11.4. The second kappa shape index (κ2) is 9.78. The molecule has 0 radical (unpaired) electrons. The van der Waals surface area contributed by atoms with Crippen molar-refractivity contribution in [3.05, 3.63) is 75.0 Å². The highest BCUT2D eigenvalue weighted by Crippen LogP contribution is 2.54. The number of rotatable bonds is 5. The number of nitrogens with zero attached hydrogens (tertiary/aromatic N) is 6. The van der Waals surface area contributed by atoms with E-state index in [1.807, 2.05) is 0 Å². The summed E-state index contributed by atoms with van der Waals surface area (Å²) in [5.41, 5.74) is 7.71. The monoisotopic (exact) mass is 580 g/mol. The number of fused-ring (bicyclic) bond motifs is 5. The van der Waals surface area contributed by atoms with Crippen LogP contribution >= 0.6 is 0 Å². The number of carboxylic acid groups (broad SMARTS) is 1. The van der Waals surface area contributed by atoms with Crippen LogP contribution in [0.25, 0.3) is 38.1 Å². The maximum Gasteiger partial charge on any atom is 0.341 e. The number of nitrogens with one attached hydrogen (secondary N) is 2. The number of hydrogen-bond acceptors (Lipinski definition) is 8. The van der Waals surface area contributed by atoms with E-state index in [1.165, 1.54) is 16.9 Å². The molecule has 0 spiro atoms. The summed E-state index contributed by atoms with van der Waals surface area (Å²) in [6.07, 6.45) is 6.07. The summed E-state index contributed by atoms with van der Waals surface area (Å²) in [5.74, 6) is -1.47.